The van der Waals surface area contributed by atoms with E-state index in [1.165, 1.54) is 10.3 Å². The van der Waals surface area contributed by atoms with E-state index in [2.05, 4.69) is 55.2 Å². The normalized spacial score (nSPS) is 14.6. The second kappa shape index (κ2) is 5.58. The van der Waals surface area contributed by atoms with Crippen molar-refractivity contribution in [3.05, 3.63) is 42.2 Å². The average Bonchev–Trinajstić information content (AvgIpc) is 3.03. The summed E-state index contributed by atoms with van der Waals surface area (Å²) in [5, 5.41) is 4.83. The Labute approximate surface area is 127 Å². The van der Waals surface area contributed by atoms with Gasteiger partial charge in [0.15, 0.2) is 4.34 Å². The van der Waals surface area contributed by atoms with Crippen molar-refractivity contribution in [1.29, 1.82) is 0 Å². The molecule has 2 atom stereocenters. The molecule has 104 valence electrons. The third-order valence-corrected chi connectivity index (χ3v) is 5.82. The minimum Gasteiger partial charge on any atom is -0.269 e. The van der Waals surface area contributed by atoms with Crippen LogP contribution in [0.5, 0.6) is 0 Å². The van der Waals surface area contributed by atoms with Crippen LogP contribution in [-0.4, -0.2) is 20.0 Å². The van der Waals surface area contributed by atoms with Gasteiger partial charge in [0.05, 0.1) is 22.5 Å². The number of thiazole rings is 1. The van der Waals surface area contributed by atoms with E-state index in [1.54, 1.807) is 11.3 Å². The van der Waals surface area contributed by atoms with E-state index in [0.717, 1.165) is 9.86 Å². The smallest absolute Gasteiger partial charge is 0.151 e. The van der Waals surface area contributed by atoms with Crippen LogP contribution in [0.15, 0.2) is 41.0 Å². The van der Waals surface area contributed by atoms with Crippen molar-refractivity contribution in [2.45, 2.75) is 36.4 Å². The zero-order chi connectivity index (χ0) is 14.1. The lowest BCUT2D eigenvalue weighted by Gasteiger charge is -2.18. The molecule has 0 amide bonds. The summed E-state index contributed by atoms with van der Waals surface area (Å²) < 4.78 is 4.43. The number of aryl methyl sites for hydroxylation is 1. The molecule has 0 aliphatic rings. The number of thioether (sulfide) groups is 1. The molecule has 0 fully saturated rings. The monoisotopic (exact) mass is 303 g/mol. The second-order valence-corrected chi connectivity index (χ2v) is 7.66. The molecule has 3 rings (SSSR count). The number of benzene rings is 1. The summed E-state index contributed by atoms with van der Waals surface area (Å²) in [5.41, 5.74) is 2.30. The van der Waals surface area contributed by atoms with Crippen molar-refractivity contribution in [2.24, 2.45) is 0 Å². The second-order valence-electron chi connectivity index (χ2n) is 5.01. The molecule has 0 unspecified atom stereocenters. The van der Waals surface area contributed by atoms with E-state index in [9.17, 15) is 0 Å². The molecular formula is C15H17N3S2. The Bertz CT molecular complexity index is 684. The maximum absolute atomic E-state index is 4.69. The highest BCUT2D eigenvalue weighted by Gasteiger charge is 2.18. The van der Waals surface area contributed by atoms with Crippen LogP contribution in [-0.2, 0) is 0 Å². The van der Waals surface area contributed by atoms with Crippen LogP contribution in [0, 0.1) is 6.92 Å². The molecule has 20 heavy (non-hydrogen) atoms. The van der Waals surface area contributed by atoms with Crippen LogP contribution in [0.2, 0.25) is 0 Å². The van der Waals surface area contributed by atoms with Gasteiger partial charge >= 0.3 is 0 Å². The highest BCUT2D eigenvalue weighted by atomic mass is 32.2. The Kier molecular flexibility index (Phi) is 3.81. The van der Waals surface area contributed by atoms with Gasteiger partial charge in [-0.3, -0.25) is 4.68 Å². The highest BCUT2D eigenvalue weighted by molar-refractivity contribution is 8.01. The lowest BCUT2D eigenvalue weighted by atomic mass is 10.2. The molecule has 0 radical (unpaired) electrons. The fraction of sp³-hybridized carbons (Fsp3) is 0.333. The third-order valence-electron chi connectivity index (χ3n) is 3.39. The van der Waals surface area contributed by atoms with Gasteiger partial charge in [-0.2, -0.15) is 5.10 Å². The summed E-state index contributed by atoms with van der Waals surface area (Å²) in [6.45, 7) is 6.51. The first-order valence-corrected chi connectivity index (χ1v) is 8.36. The number of rotatable bonds is 4. The predicted molar refractivity (Wildman–Crippen MR) is 86.6 cm³/mol. The Balaban J connectivity index is 1.76. The zero-order valence-electron chi connectivity index (χ0n) is 11.8. The van der Waals surface area contributed by atoms with Gasteiger partial charge in [-0.1, -0.05) is 30.8 Å². The lowest BCUT2D eigenvalue weighted by molar-refractivity contribution is 0.487. The van der Waals surface area contributed by atoms with Crippen LogP contribution in [0.25, 0.3) is 10.2 Å². The summed E-state index contributed by atoms with van der Waals surface area (Å²) in [5.74, 6) is 0. The number of aromatic nitrogens is 3. The molecule has 0 saturated heterocycles. The molecule has 1 aromatic carbocycles. The predicted octanol–water partition coefficient (Wildman–Crippen LogP) is 4.54. The SMILES string of the molecule is Cc1cnn([C@@H](C)[C@H](C)Sc2nc3ccccc3s2)c1. The fourth-order valence-corrected chi connectivity index (χ4v) is 4.43. The van der Waals surface area contributed by atoms with Crippen molar-refractivity contribution in [2.75, 3.05) is 0 Å². The summed E-state index contributed by atoms with van der Waals surface area (Å²) >= 11 is 3.59. The van der Waals surface area contributed by atoms with Crippen LogP contribution < -0.4 is 0 Å². The van der Waals surface area contributed by atoms with E-state index in [-0.39, 0.29) is 0 Å². The van der Waals surface area contributed by atoms with Crippen molar-refractivity contribution < 1.29 is 0 Å². The topological polar surface area (TPSA) is 30.7 Å². The summed E-state index contributed by atoms with van der Waals surface area (Å²) in [6.07, 6.45) is 4.01. The number of para-hydroxylation sites is 1. The van der Waals surface area contributed by atoms with Crippen molar-refractivity contribution in [3.63, 3.8) is 0 Å². The molecular weight excluding hydrogens is 286 g/mol. The Hall–Kier alpha value is -1.33. The van der Waals surface area contributed by atoms with Gasteiger partial charge in [0, 0.05) is 11.4 Å². The largest absolute Gasteiger partial charge is 0.269 e. The van der Waals surface area contributed by atoms with Gasteiger partial charge in [0.2, 0.25) is 0 Å². The standard InChI is InChI=1S/C15H17N3S2/c1-10-8-16-18(9-10)11(2)12(3)19-15-17-13-6-4-5-7-14(13)20-15/h4-9,11-12H,1-3H3/t11-,12-/m0/s1. The first-order valence-electron chi connectivity index (χ1n) is 6.66. The zero-order valence-corrected chi connectivity index (χ0v) is 13.4. The summed E-state index contributed by atoms with van der Waals surface area (Å²) in [7, 11) is 0. The number of hydrogen-bond acceptors (Lipinski definition) is 4. The van der Waals surface area contributed by atoms with E-state index in [4.69, 9.17) is 0 Å². The molecule has 0 aliphatic heterocycles. The molecule has 2 heterocycles. The van der Waals surface area contributed by atoms with Gasteiger partial charge in [0.1, 0.15) is 0 Å². The Morgan fingerprint density at radius 2 is 2.05 bits per heavy atom. The van der Waals surface area contributed by atoms with Gasteiger partial charge < -0.3 is 0 Å². The van der Waals surface area contributed by atoms with Gasteiger partial charge in [-0.15, -0.1) is 11.3 Å². The molecule has 0 aliphatic carbocycles. The fourth-order valence-electron chi connectivity index (χ4n) is 2.03. The van der Waals surface area contributed by atoms with Gasteiger partial charge in [-0.05, 0) is 31.5 Å². The third kappa shape index (κ3) is 2.74. The molecule has 3 aromatic rings. The van der Waals surface area contributed by atoms with E-state index >= 15 is 0 Å². The number of hydrogen-bond donors (Lipinski definition) is 0. The molecule has 3 nitrogen and oxygen atoms in total. The maximum atomic E-state index is 4.69. The van der Waals surface area contributed by atoms with Crippen LogP contribution in [0.3, 0.4) is 0 Å². The molecule has 2 aromatic heterocycles. The minimum atomic E-state index is 0.348. The Morgan fingerprint density at radius 1 is 1.25 bits per heavy atom. The molecule has 0 N–H and O–H groups in total. The van der Waals surface area contributed by atoms with Crippen molar-refractivity contribution in [1.82, 2.24) is 14.8 Å². The highest BCUT2D eigenvalue weighted by Crippen LogP contribution is 2.35. The van der Waals surface area contributed by atoms with E-state index < -0.39 is 0 Å². The molecule has 0 saturated carbocycles. The van der Waals surface area contributed by atoms with Gasteiger partial charge in [-0.25, -0.2) is 4.98 Å². The van der Waals surface area contributed by atoms with E-state index in [1.807, 2.05) is 28.7 Å². The minimum absolute atomic E-state index is 0.348. The first kappa shape index (κ1) is 13.6. The van der Waals surface area contributed by atoms with Crippen LogP contribution in [0.1, 0.15) is 25.5 Å². The summed E-state index contributed by atoms with van der Waals surface area (Å²) in [6, 6.07) is 8.64. The van der Waals surface area contributed by atoms with E-state index in [0.29, 0.717) is 11.3 Å². The average molecular weight is 303 g/mol. The molecule has 0 bridgehead atoms. The quantitative estimate of drug-likeness (QED) is 0.663. The Morgan fingerprint density at radius 3 is 2.75 bits per heavy atom. The van der Waals surface area contributed by atoms with Crippen molar-refractivity contribution in [3.8, 4) is 0 Å². The first-order chi connectivity index (χ1) is 9.63. The van der Waals surface area contributed by atoms with Crippen molar-refractivity contribution >= 4 is 33.3 Å². The van der Waals surface area contributed by atoms with Crippen LogP contribution >= 0.6 is 23.1 Å². The maximum Gasteiger partial charge on any atom is 0.151 e. The number of nitrogens with zero attached hydrogens (tertiary/aromatic N) is 3. The van der Waals surface area contributed by atoms with Gasteiger partial charge in [0.25, 0.3) is 0 Å². The van der Waals surface area contributed by atoms with Crippen LogP contribution in [0.4, 0.5) is 0 Å². The molecule has 5 heteroatoms. The summed E-state index contributed by atoms with van der Waals surface area (Å²) in [4.78, 5) is 4.69. The molecule has 0 spiro atoms. The number of fused-ring (bicyclic) bond motifs is 1. The lowest BCUT2D eigenvalue weighted by Crippen LogP contribution is -2.16.